The lowest BCUT2D eigenvalue weighted by molar-refractivity contribution is 0.383. The van der Waals surface area contributed by atoms with E-state index in [1.54, 1.807) is 0 Å². The van der Waals surface area contributed by atoms with Crippen LogP contribution in [0.25, 0.3) is 0 Å². The van der Waals surface area contributed by atoms with E-state index < -0.39 is 81.0 Å². The molecule has 2 aromatic rings. The average molecular weight is 426 g/mol. The summed E-state index contributed by atoms with van der Waals surface area (Å²) < 4.78 is 136. The van der Waals surface area contributed by atoms with Gasteiger partial charge in [-0.05, 0) is 6.16 Å². The fourth-order valence-corrected chi connectivity index (χ4v) is 5.73. The molecule has 2 aromatic carbocycles. The van der Waals surface area contributed by atoms with Gasteiger partial charge in [0.2, 0.25) is 11.6 Å². The van der Waals surface area contributed by atoms with Crippen molar-refractivity contribution in [3.05, 3.63) is 58.2 Å². The highest BCUT2D eigenvalue weighted by molar-refractivity contribution is 8.21. The van der Waals surface area contributed by atoms with Gasteiger partial charge in [-0.15, -0.1) is 0 Å². The van der Waals surface area contributed by atoms with Gasteiger partial charge in [-0.2, -0.15) is 0 Å². The van der Waals surface area contributed by atoms with Crippen LogP contribution in [-0.2, 0) is 11.8 Å². The molecule has 0 atom stereocenters. The molecule has 0 heterocycles. The molecule has 0 aliphatic rings. The fraction of sp³-hybridized carbons (Fsp3) is 0.143. The highest BCUT2D eigenvalue weighted by Crippen LogP contribution is 2.48. The van der Waals surface area contributed by atoms with Crippen LogP contribution in [0.3, 0.4) is 0 Å². The highest BCUT2D eigenvalue weighted by Gasteiger charge is 2.40. The molecule has 0 amide bonds. The molecule has 0 spiro atoms. The Bertz CT molecular complexity index is 840. The van der Waals surface area contributed by atoms with Crippen molar-refractivity contribution in [2.75, 3.05) is 6.16 Å². The lowest BCUT2D eigenvalue weighted by Crippen LogP contribution is -2.32. The minimum absolute atomic E-state index is 0.834. The summed E-state index contributed by atoms with van der Waals surface area (Å²) in [6, 6.07) is -4.66. The van der Waals surface area contributed by atoms with Crippen molar-refractivity contribution < 1.29 is 43.9 Å². The number of rotatable bonds is 3. The largest absolute Gasteiger partial charge is 0.203 e. The first-order valence-electron chi connectivity index (χ1n) is 6.54. The third-order valence-corrected chi connectivity index (χ3v) is 8.53. The molecule has 0 unspecified atom stereocenters. The molecule has 0 bridgehead atoms. The maximum absolute atomic E-state index is 14.0. The first-order valence-corrected chi connectivity index (χ1v) is 9.53. The number of benzene rings is 2. The lowest BCUT2D eigenvalue weighted by atomic mass is 10.3. The second-order valence-corrected chi connectivity index (χ2v) is 9.77. The van der Waals surface area contributed by atoms with Crippen molar-refractivity contribution in [1.29, 1.82) is 0 Å². The molecular formula is C14H5F10PS. The summed E-state index contributed by atoms with van der Waals surface area (Å²) >= 11 is 4.75. The van der Waals surface area contributed by atoms with E-state index in [9.17, 15) is 43.9 Å². The van der Waals surface area contributed by atoms with Crippen molar-refractivity contribution >= 4 is 28.5 Å². The van der Waals surface area contributed by atoms with Crippen LogP contribution < -0.4 is 10.6 Å². The molecular weight excluding hydrogens is 421 g/mol. The van der Waals surface area contributed by atoms with Gasteiger partial charge in [0.25, 0.3) is 0 Å². The molecule has 0 aliphatic carbocycles. The van der Waals surface area contributed by atoms with Gasteiger partial charge in [0.1, 0.15) is 0 Å². The lowest BCUT2D eigenvalue weighted by Gasteiger charge is -2.24. The highest BCUT2D eigenvalue weighted by atomic mass is 32.4. The molecule has 0 nitrogen and oxygen atoms in total. The van der Waals surface area contributed by atoms with E-state index in [-0.39, 0.29) is 0 Å². The molecule has 0 fully saturated rings. The maximum Gasteiger partial charge on any atom is 0.200 e. The molecule has 0 aliphatic heterocycles. The Morgan fingerprint density at radius 1 is 0.500 bits per heavy atom. The van der Waals surface area contributed by atoms with Gasteiger partial charge >= 0.3 is 0 Å². The summed E-state index contributed by atoms with van der Waals surface area (Å²) in [6.45, 7) is 0.955. The van der Waals surface area contributed by atoms with Crippen LogP contribution in [0.2, 0.25) is 0 Å². The van der Waals surface area contributed by atoms with Gasteiger partial charge in [0.15, 0.2) is 46.5 Å². The number of halogens is 10. The molecule has 0 saturated heterocycles. The van der Waals surface area contributed by atoms with Crippen LogP contribution in [0.1, 0.15) is 6.92 Å². The smallest absolute Gasteiger partial charge is 0.200 e. The fourth-order valence-electron chi connectivity index (χ4n) is 2.25. The summed E-state index contributed by atoms with van der Waals surface area (Å²) in [5.74, 6) is -24.9. The Balaban J connectivity index is 3.06. The first kappa shape index (κ1) is 20.7. The van der Waals surface area contributed by atoms with Crippen LogP contribution in [0, 0.1) is 58.2 Å². The predicted octanol–water partition coefficient (Wildman–Crippen LogP) is 4.53. The van der Waals surface area contributed by atoms with Gasteiger partial charge in [0, 0.05) is 6.04 Å². The van der Waals surface area contributed by atoms with Crippen molar-refractivity contribution in [2.24, 2.45) is 0 Å². The second kappa shape index (κ2) is 6.84. The van der Waals surface area contributed by atoms with Crippen LogP contribution >= 0.6 is 6.04 Å². The summed E-state index contributed by atoms with van der Waals surface area (Å²) in [5.41, 5.74) is 0. The normalized spacial score (nSPS) is 12.0. The number of hydrogen-bond donors (Lipinski definition) is 0. The van der Waals surface area contributed by atoms with Gasteiger partial charge in [-0.1, -0.05) is 18.7 Å². The van der Waals surface area contributed by atoms with E-state index in [0.29, 0.717) is 0 Å². The van der Waals surface area contributed by atoms with Crippen molar-refractivity contribution in [1.82, 2.24) is 0 Å². The molecule has 2 rings (SSSR count). The first-order chi connectivity index (χ1) is 11.9. The molecule has 142 valence electrons. The van der Waals surface area contributed by atoms with Crippen molar-refractivity contribution in [3.63, 3.8) is 0 Å². The standard InChI is InChI=1S/C14H5F10PS/c1-2-25(26,13-9(21)5(17)3(15)6(18)10(13)22)14-11(23)7(19)4(16)8(20)12(14)24/h2H2,1H3. The van der Waals surface area contributed by atoms with Gasteiger partial charge in [-0.3, -0.25) is 0 Å². The summed E-state index contributed by atoms with van der Waals surface area (Å²) in [6.07, 6.45) is -0.834. The van der Waals surface area contributed by atoms with E-state index >= 15 is 0 Å². The molecule has 0 N–H and O–H groups in total. The van der Waals surface area contributed by atoms with Crippen LogP contribution in [-0.4, -0.2) is 6.16 Å². The van der Waals surface area contributed by atoms with E-state index in [1.807, 2.05) is 0 Å². The monoisotopic (exact) mass is 426 g/mol. The van der Waals surface area contributed by atoms with Crippen molar-refractivity contribution in [3.8, 4) is 0 Å². The Morgan fingerprint density at radius 2 is 0.692 bits per heavy atom. The van der Waals surface area contributed by atoms with E-state index in [4.69, 9.17) is 11.8 Å². The third kappa shape index (κ3) is 2.72. The molecule has 26 heavy (non-hydrogen) atoms. The topological polar surface area (TPSA) is 0 Å². The maximum atomic E-state index is 14.0. The van der Waals surface area contributed by atoms with Gasteiger partial charge in [-0.25, -0.2) is 43.9 Å². The van der Waals surface area contributed by atoms with Crippen molar-refractivity contribution in [2.45, 2.75) is 6.92 Å². The SMILES string of the molecule is CCP(=S)(c1c(F)c(F)c(F)c(F)c1F)c1c(F)c(F)c(F)c(F)c1F. The summed E-state index contributed by atoms with van der Waals surface area (Å²) in [4.78, 5) is 0. The zero-order valence-corrected chi connectivity index (χ0v) is 14.1. The Kier molecular flexibility index (Phi) is 5.45. The molecule has 12 heteroatoms. The van der Waals surface area contributed by atoms with E-state index in [0.717, 1.165) is 6.92 Å². The minimum Gasteiger partial charge on any atom is -0.203 e. The number of hydrogen-bond acceptors (Lipinski definition) is 1. The van der Waals surface area contributed by atoms with E-state index in [2.05, 4.69) is 0 Å². The second-order valence-electron chi connectivity index (χ2n) is 4.89. The molecule has 0 aromatic heterocycles. The Labute approximate surface area is 144 Å². The third-order valence-electron chi connectivity index (χ3n) is 3.54. The zero-order chi connectivity index (χ0) is 20.1. The summed E-state index contributed by atoms with van der Waals surface area (Å²) in [5, 5.41) is -3.57. The van der Waals surface area contributed by atoms with Crippen LogP contribution in [0.15, 0.2) is 0 Å². The van der Waals surface area contributed by atoms with Crippen LogP contribution in [0.4, 0.5) is 43.9 Å². The van der Waals surface area contributed by atoms with Gasteiger partial charge < -0.3 is 0 Å². The van der Waals surface area contributed by atoms with Crippen LogP contribution in [0.5, 0.6) is 0 Å². The van der Waals surface area contributed by atoms with Gasteiger partial charge in [0.05, 0.1) is 10.6 Å². The minimum atomic E-state index is -4.66. The van der Waals surface area contributed by atoms with E-state index in [1.165, 1.54) is 0 Å². The summed E-state index contributed by atoms with van der Waals surface area (Å²) in [7, 11) is 0. The average Bonchev–Trinajstić information content (AvgIpc) is 2.61. The zero-order valence-electron chi connectivity index (χ0n) is 12.3. The Morgan fingerprint density at radius 3 is 0.885 bits per heavy atom. The Hall–Kier alpha value is -1.61. The quantitative estimate of drug-likeness (QED) is 0.301. The molecule has 0 radical (unpaired) electrons. The molecule has 0 saturated carbocycles. The predicted molar refractivity (Wildman–Crippen MR) is 76.6 cm³/mol.